The van der Waals surface area contributed by atoms with Gasteiger partial charge in [-0.05, 0) is 53.9 Å². The lowest BCUT2D eigenvalue weighted by molar-refractivity contribution is -0.129. The van der Waals surface area contributed by atoms with Crippen LogP contribution in [0.2, 0.25) is 0 Å². The van der Waals surface area contributed by atoms with Crippen molar-refractivity contribution in [3.05, 3.63) is 89.1 Å². The summed E-state index contributed by atoms with van der Waals surface area (Å²) in [7, 11) is 3.09. The first-order chi connectivity index (χ1) is 15.9. The molecule has 0 saturated heterocycles. The van der Waals surface area contributed by atoms with Crippen molar-refractivity contribution >= 4 is 11.7 Å². The molecule has 1 aliphatic heterocycles. The summed E-state index contributed by atoms with van der Waals surface area (Å²) in [5.74, 6) is -0.608. The summed E-state index contributed by atoms with van der Waals surface area (Å²) in [6.07, 6.45) is 1.79. The van der Waals surface area contributed by atoms with Gasteiger partial charge in [-0.25, -0.2) is 0 Å². The third-order valence-corrected chi connectivity index (χ3v) is 5.59. The molecule has 0 bridgehead atoms. The van der Waals surface area contributed by atoms with E-state index in [0.29, 0.717) is 23.5 Å². The highest BCUT2D eigenvalue weighted by molar-refractivity contribution is 6.15. The van der Waals surface area contributed by atoms with Crippen molar-refractivity contribution in [2.45, 2.75) is 12.5 Å². The summed E-state index contributed by atoms with van der Waals surface area (Å²) in [6, 6.07) is 13.8. The van der Waals surface area contributed by atoms with E-state index in [1.54, 1.807) is 38.5 Å². The number of Topliss-reactive ketones (excluding diaryl/α,β-unsaturated/α-hetero) is 1. The van der Waals surface area contributed by atoms with Gasteiger partial charge >= 0.3 is 0 Å². The zero-order chi connectivity index (χ0) is 23.5. The van der Waals surface area contributed by atoms with Crippen molar-refractivity contribution in [3.63, 3.8) is 0 Å². The molecule has 1 aromatic heterocycles. The molecule has 0 spiro atoms. The van der Waals surface area contributed by atoms with Gasteiger partial charge in [0.2, 0.25) is 5.78 Å². The molecule has 4 rings (SSSR count). The van der Waals surface area contributed by atoms with Crippen molar-refractivity contribution in [1.29, 1.82) is 0 Å². The third kappa shape index (κ3) is 4.15. The molecular weight excluding hydrogens is 426 g/mol. The van der Waals surface area contributed by atoms with E-state index in [4.69, 9.17) is 13.9 Å². The first-order valence-corrected chi connectivity index (χ1v) is 10.3. The van der Waals surface area contributed by atoms with Crippen LogP contribution in [-0.2, 0) is 11.2 Å². The van der Waals surface area contributed by atoms with Crippen molar-refractivity contribution in [1.82, 2.24) is 4.90 Å². The van der Waals surface area contributed by atoms with Crippen LogP contribution in [0.15, 0.2) is 76.6 Å². The summed E-state index contributed by atoms with van der Waals surface area (Å²) >= 11 is 0. The van der Waals surface area contributed by atoms with Crippen molar-refractivity contribution in [3.8, 4) is 17.2 Å². The molecule has 2 aromatic carbocycles. The number of hydrogen-bond acceptors (Lipinski definition) is 7. The van der Waals surface area contributed by atoms with E-state index in [9.17, 15) is 19.8 Å². The quantitative estimate of drug-likeness (QED) is 0.503. The van der Waals surface area contributed by atoms with E-state index >= 15 is 0 Å². The number of phenols is 1. The number of rotatable bonds is 8. The van der Waals surface area contributed by atoms with Gasteiger partial charge < -0.3 is 29.0 Å². The maximum atomic E-state index is 13.1. The first-order valence-electron chi connectivity index (χ1n) is 10.3. The molecule has 33 heavy (non-hydrogen) atoms. The average molecular weight is 449 g/mol. The highest BCUT2D eigenvalue weighted by Gasteiger charge is 2.44. The molecule has 1 amide bonds. The number of furan rings is 1. The molecule has 0 aliphatic carbocycles. The van der Waals surface area contributed by atoms with Crippen molar-refractivity contribution < 1.29 is 33.7 Å². The van der Waals surface area contributed by atoms with E-state index in [0.717, 1.165) is 5.56 Å². The Morgan fingerprint density at radius 1 is 1.03 bits per heavy atom. The molecule has 2 N–H and O–H groups in total. The second-order valence-electron chi connectivity index (χ2n) is 7.50. The Balaban J connectivity index is 1.67. The largest absolute Gasteiger partial charge is 0.508 e. The molecule has 0 unspecified atom stereocenters. The van der Waals surface area contributed by atoms with Crippen LogP contribution >= 0.6 is 0 Å². The van der Waals surface area contributed by atoms with Crippen LogP contribution in [0.1, 0.15) is 27.7 Å². The molecule has 0 fully saturated rings. The summed E-state index contributed by atoms with van der Waals surface area (Å²) in [5, 5.41) is 20.4. The predicted octanol–water partition coefficient (Wildman–Crippen LogP) is 3.82. The van der Waals surface area contributed by atoms with E-state index in [1.165, 1.54) is 29.4 Å². The van der Waals surface area contributed by atoms with Crippen molar-refractivity contribution in [2.24, 2.45) is 0 Å². The van der Waals surface area contributed by atoms with E-state index in [1.807, 2.05) is 12.1 Å². The summed E-state index contributed by atoms with van der Waals surface area (Å²) in [4.78, 5) is 27.6. The van der Waals surface area contributed by atoms with E-state index in [-0.39, 0.29) is 23.6 Å². The highest BCUT2D eigenvalue weighted by atomic mass is 16.5. The molecule has 170 valence electrons. The molecule has 1 atom stereocenters. The topological polar surface area (TPSA) is 109 Å². The number of carbonyl (C=O) groups is 2. The van der Waals surface area contributed by atoms with Crippen molar-refractivity contribution in [2.75, 3.05) is 20.8 Å². The maximum absolute atomic E-state index is 13.1. The standard InChI is InChI=1S/C25H23NO7/c1-31-18-10-5-15(14-20(18)32-2)11-12-26-22(16-6-8-17(27)9-7-16)21(24(29)25(26)30)23(28)19-4-3-13-33-19/h3-10,13-14,22,27,29H,11-12H2,1-2H3/t22-/m1/s1. The number of aliphatic hydroxyl groups is 1. The number of ketones is 1. The monoisotopic (exact) mass is 449 g/mol. The summed E-state index contributed by atoms with van der Waals surface area (Å²) in [5.41, 5.74) is 1.40. The number of aromatic hydroxyl groups is 1. The average Bonchev–Trinajstić information content (AvgIpc) is 3.45. The molecular formula is C25H23NO7. The molecule has 2 heterocycles. The Labute approximate surface area is 190 Å². The van der Waals surface area contributed by atoms with Gasteiger partial charge in [0.15, 0.2) is 23.0 Å². The Hall–Kier alpha value is -4.20. The summed E-state index contributed by atoms with van der Waals surface area (Å²) in [6.45, 7) is 0.221. The fraction of sp³-hybridized carbons (Fsp3) is 0.200. The highest BCUT2D eigenvalue weighted by Crippen LogP contribution is 2.39. The molecule has 1 aliphatic rings. The van der Waals surface area contributed by atoms with Gasteiger partial charge in [0.1, 0.15) is 5.75 Å². The number of phenolic OH excluding ortho intramolecular Hbond substituents is 1. The Kier molecular flexibility index (Phi) is 6.08. The second kappa shape index (κ2) is 9.12. The number of methoxy groups -OCH3 is 2. The lowest BCUT2D eigenvalue weighted by Gasteiger charge is -2.27. The summed E-state index contributed by atoms with van der Waals surface area (Å²) < 4.78 is 15.8. The smallest absolute Gasteiger partial charge is 0.290 e. The lowest BCUT2D eigenvalue weighted by Crippen LogP contribution is -2.33. The van der Waals surface area contributed by atoms with E-state index in [2.05, 4.69) is 0 Å². The molecule has 3 aromatic rings. The Morgan fingerprint density at radius 2 is 1.76 bits per heavy atom. The normalized spacial score (nSPS) is 15.8. The number of carbonyl (C=O) groups excluding carboxylic acids is 2. The molecule has 0 radical (unpaired) electrons. The van der Waals surface area contributed by atoms with Crippen LogP contribution in [0.4, 0.5) is 0 Å². The minimum Gasteiger partial charge on any atom is -0.508 e. The number of nitrogens with zero attached hydrogens (tertiary/aromatic N) is 1. The first kappa shape index (κ1) is 22.0. The van der Waals surface area contributed by atoms with E-state index < -0.39 is 23.5 Å². The van der Waals surface area contributed by atoms with Gasteiger partial charge in [0, 0.05) is 6.54 Å². The Morgan fingerprint density at radius 3 is 2.39 bits per heavy atom. The van der Waals surface area contributed by atoms with Gasteiger partial charge in [-0.3, -0.25) is 9.59 Å². The predicted molar refractivity (Wildman–Crippen MR) is 119 cm³/mol. The van der Waals surface area contributed by atoms with Crippen LogP contribution in [0.5, 0.6) is 17.2 Å². The second-order valence-corrected chi connectivity index (χ2v) is 7.50. The van der Waals surface area contributed by atoms with Crippen LogP contribution in [-0.4, -0.2) is 47.6 Å². The fourth-order valence-corrected chi connectivity index (χ4v) is 3.95. The minimum absolute atomic E-state index is 0.0230. The SMILES string of the molecule is COc1ccc(CCN2C(=O)C(O)=C(C(=O)c3ccco3)[C@H]2c2ccc(O)cc2)cc1OC. The number of benzene rings is 2. The van der Waals surface area contributed by atoms with Crippen LogP contribution in [0.25, 0.3) is 0 Å². The van der Waals surface area contributed by atoms with Crippen LogP contribution in [0, 0.1) is 0 Å². The molecule has 8 heteroatoms. The zero-order valence-electron chi connectivity index (χ0n) is 18.1. The van der Waals surface area contributed by atoms with Crippen LogP contribution < -0.4 is 9.47 Å². The minimum atomic E-state index is -0.837. The number of hydrogen-bond donors (Lipinski definition) is 2. The Bertz CT molecular complexity index is 1200. The van der Waals surface area contributed by atoms with Crippen LogP contribution in [0.3, 0.4) is 0 Å². The zero-order valence-corrected chi connectivity index (χ0v) is 18.1. The van der Waals surface area contributed by atoms with Gasteiger partial charge in [0.25, 0.3) is 5.91 Å². The number of aliphatic hydroxyl groups excluding tert-OH is 1. The fourth-order valence-electron chi connectivity index (χ4n) is 3.95. The number of amides is 1. The van der Waals surface area contributed by atoms with Gasteiger partial charge in [-0.1, -0.05) is 18.2 Å². The van der Waals surface area contributed by atoms with Gasteiger partial charge in [-0.15, -0.1) is 0 Å². The lowest BCUT2D eigenvalue weighted by atomic mass is 9.95. The van der Waals surface area contributed by atoms with Gasteiger partial charge in [0.05, 0.1) is 32.1 Å². The maximum Gasteiger partial charge on any atom is 0.290 e. The molecule has 0 saturated carbocycles. The number of ether oxygens (including phenoxy) is 2. The van der Waals surface area contributed by atoms with Gasteiger partial charge in [-0.2, -0.15) is 0 Å². The molecule has 8 nitrogen and oxygen atoms in total. The third-order valence-electron chi connectivity index (χ3n) is 5.59.